The molecule has 0 N–H and O–H groups in total. The Kier molecular flexibility index (Phi) is 3.72. The SMILES string of the molecule is Cc1ccc2c3ccc4c(nc5n(-c6ccccc6)c6ccccc6n45)c3n(C(C)(C)C)c2c1. The highest BCUT2D eigenvalue weighted by Gasteiger charge is 2.25. The van der Waals surface area contributed by atoms with Gasteiger partial charge in [0.1, 0.15) is 5.52 Å². The van der Waals surface area contributed by atoms with E-state index in [4.69, 9.17) is 4.98 Å². The molecule has 0 aliphatic carbocycles. The minimum atomic E-state index is -0.0901. The van der Waals surface area contributed by atoms with Crippen LogP contribution in [0.15, 0.2) is 84.9 Å². The molecule has 0 amide bonds. The third-order valence-electron chi connectivity index (χ3n) is 6.94. The van der Waals surface area contributed by atoms with Crippen molar-refractivity contribution in [2.24, 2.45) is 0 Å². The molecular formula is C30H26N4. The van der Waals surface area contributed by atoms with Gasteiger partial charge in [0, 0.05) is 27.5 Å². The lowest BCUT2D eigenvalue weighted by Gasteiger charge is -2.24. The van der Waals surface area contributed by atoms with Gasteiger partial charge in [-0.2, -0.15) is 0 Å². The van der Waals surface area contributed by atoms with Gasteiger partial charge in [-0.05, 0) is 75.7 Å². The number of aryl methyl sites for hydroxylation is 1. The van der Waals surface area contributed by atoms with Crippen molar-refractivity contribution in [1.29, 1.82) is 0 Å². The van der Waals surface area contributed by atoms with Gasteiger partial charge >= 0.3 is 0 Å². The number of fused-ring (bicyclic) bond motifs is 9. The van der Waals surface area contributed by atoms with Gasteiger partial charge in [-0.15, -0.1) is 0 Å². The first kappa shape index (κ1) is 19.4. The molecule has 0 atom stereocenters. The van der Waals surface area contributed by atoms with Gasteiger partial charge in [-0.3, -0.25) is 8.97 Å². The van der Waals surface area contributed by atoms with E-state index in [0.29, 0.717) is 0 Å². The van der Waals surface area contributed by atoms with E-state index in [1.807, 2.05) is 0 Å². The zero-order chi connectivity index (χ0) is 23.2. The molecule has 7 aromatic rings. The number of para-hydroxylation sites is 3. The predicted octanol–water partition coefficient (Wildman–Crippen LogP) is 7.60. The summed E-state index contributed by atoms with van der Waals surface area (Å²) in [4.78, 5) is 5.35. The molecule has 0 bridgehead atoms. The van der Waals surface area contributed by atoms with Crippen LogP contribution in [-0.4, -0.2) is 18.5 Å². The highest BCUT2D eigenvalue weighted by atomic mass is 15.2. The first-order chi connectivity index (χ1) is 16.4. The Bertz CT molecular complexity index is 1890. The van der Waals surface area contributed by atoms with E-state index >= 15 is 0 Å². The maximum absolute atomic E-state index is 5.35. The minimum Gasteiger partial charge on any atom is -0.333 e. The Morgan fingerprint density at radius 3 is 2.15 bits per heavy atom. The second-order valence-electron chi connectivity index (χ2n) is 10.3. The normalized spacial score (nSPS) is 12.7. The summed E-state index contributed by atoms with van der Waals surface area (Å²) in [7, 11) is 0. The summed E-state index contributed by atoms with van der Waals surface area (Å²) < 4.78 is 7.07. The van der Waals surface area contributed by atoms with E-state index in [0.717, 1.165) is 33.5 Å². The Hall–Kier alpha value is -4.05. The number of hydrogen-bond acceptors (Lipinski definition) is 1. The zero-order valence-electron chi connectivity index (χ0n) is 19.9. The van der Waals surface area contributed by atoms with Crippen molar-refractivity contribution in [2.45, 2.75) is 33.2 Å². The van der Waals surface area contributed by atoms with Gasteiger partial charge in [0.15, 0.2) is 0 Å². The van der Waals surface area contributed by atoms with Crippen molar-refractivity contribution in [3.05, 3.63) is 90.5 Å². The molecule has 0 unspecified atom stereocenters. The van der Waals surface area contributed by atoms with Crippen LogP contribution in [0.2, 0.25) is 0 Å². The molecule has 0 saturated carbocycles. The van der Waals surface area contributed by atoms with Gasteiger partial charge in [0.05, 0.1) is 22.1 Å². The van der Waals surface area contributed by atoms with E-state index in [-0.39, 0.29) is 5.54 Å². The molecule has 34 heavy (non-hydrogen) atoms. The van der Waals surface area contributed by atoms with E-state index in [1.165, 1.54) is 27.4 Å². The van der Waals surface area contributed by atoms with Crippen LogP contribution in [0.1, 0.15) is 26.3 Å². The fraction of sp³-hybridized carbons (Fsp3) is 0.167. The van der Waals surface area contributed by atoms with Gasteiger partial charge in [-0.25, -0.2) is 4.98 Å². The number of aromatic nitrogens is 4. The molecule has 7 rings (SSSR count). The average Bonchev–Trinajstić information content (AvgIpc) is 3.45. The summed E-state index contributed by atoms with van der Waals surface area (Å²) in [6.07, 6.45) is 0. The van der Waals surface area contributed by atoms with Crippen molar-refractivity contribution in [3.63, 3.8) is 0 Å². The summed E-state index contributed by atoms with van der Waals surface area (Å²) in [5, 5.41) is 2.54. The van der Waals surface area contributed by atoms with Crippen LogP contribution in [0.4, 0.5) is 0 Å². The topological polar surface area (TPSA) is 27.2 Å². The first-order valence-corrected chi connectivity index (χ1v) is 11.8. The van der Waals surface area contributed by atoms with E-state index < -0.39 is 0 Å². The van der Waals surface area contributed by atoms with Gasteiger partial charge in [-0.1, -0.05) is 42.5 Å². The number of nitrogens with zero attached hydrogens (tertiary/aromatic N) is 4. The lowest BCUT2D eigenvalue weighted by Crippen LogP contribution is -2.21. The molecule has 0 aliphatic heterocycles. The van der Waals surface area contributed by atoms with Crippen LogP contribution < -0.4 is 0 Å². The van der Waals surface area contributed by atoms with Crippen molar-refractivity contribution < 1.29 is 0 Å². The lowest BCUT2D eigenvalue weighted by atomic mass is 10.1. The third-order valence-corrected chi connectivity index (χ3v) is 6.94. The Morgan fingerprint density at radius 1 is 0.676 bits per heavy atom. The Morgan fingerprint density at radius 2 is 1.38 bits per heavy atom. The molecule has 4 heteroatoms. The Labute approximate surface area is 197 Å². The number of benzene rings is 4. The monoisotopic (exact) mass is 442 g/mol. The average molecular weight is 443 g/mol. The minimum absolute atomic E-state index is 0.0901. The van der Waals surface area contributed by atoms with E-state index in [1.54, 1.807) is 0 Å². The second-order valence-corrected chi connectivity index (χ2v) is 10.3. The fourth-order valence-corrected chi connectivity index (χ4v) is 5.60. The van der Waals surface area contributed by atoms with Crippen LogP contribution in [0.3, 0.4) is 0 Å². The highest BCUT2D eigenvalue weighted by Crippen LogP contribution is 2.39. The highest BCUT2D eigenvalue weighted by molar-refractivity contribution is 6.17. The maximum Gasteiger partial charge on any atom is 0.220 e. The molecule has 0 aliphatic rings. The molecule has 3 heterocycles. The van der Waals surface area contributed by atoms with Crippen molar-refractivity contribution in [3.8, 4) is 5.69 Å². The predicted molar refractivity (Wildman–Crippen MR) is 142 cm³/mol. The maximum atomic E-state index is 5.35. The molecular weight excluding hydrogens is 416 g/mol. The number of rotatable bonds is 1. The summed E-state index contributed by atoms with van der Waals surface area (Å²) >= 11 is 0. The second kappa shape index (κ2) is 6.51. The lowest BCUT2D eigenvalue weighted by molar-refractivity contribution is 0.424. The molecule has 0 fully saturated rings. The molecule has 0 saturated heterocycles. The molecule has 0 radical (unpaired) electrons. The largest absolute Gasteiger partial charge is 0.333 e. The van der Waals surface area contributed by atoms with Crippen LogP contribution >= 0.6 is 0 Å². The molecule has 3 aromatic heterocycles. The summed E-state index contributed by atoms with van der Waals surface area (Å²) in [6.45, 7) is 9.01. The van der Waals surface area contributed by atoms with Crippen LogP contribution in [-0.2, 0) is 5.54 Å². The molecule has 166 valence electrons. The van der Waals surface area contributed by atoms with Gasteiger partial charge < -0.3 is 4.57 Å². The van der Waals surface area contributed by atoms with Crippen molar-refractivity contribution in [1.82, 2.24) is 18.5 Å². The summed E-state index contributed by atoms with van der Waals surface area (Å²) in [5.74, 6) is 0.941. The van der Waals surface area contributed by atoms with Crippen LogP contribution in [0, 0.1) is 6.92 Å². The molecule has 4 nitrogen and oxygen atoms in total. The summed E-state index contributed by atoms with van der Waals surface area (Å²) in [6, 6.07) is 30.4. The smallest absolute Gasteiger partial charge is 0.220 e. The fourth-order valence-electron chi connectivity index (χ4n) is 5.60. The van der Waals surface area contributed by atoms with Gasteiger partial charge in [0.2, 0.25) is 5.78 Å². The van der Waals surface area contributed by atoms with Gasteiger partial charge in [0.25, 0.3) is 0 Å². The van der Waals surface area contributed by atoms with Crippen molar-refractivity contribution >= 4 is 49.7 Å². The third kappa shape index (κ3) is 2.45. The summed E-state index contributed by atoms with van der Waals surface area (Å²) in [5.41, 5.74) is 9.28. The van der Waals surface area contributed by atoms with Crippen LogP contribution in [0.25, 0.3) is 55.3 Å². The quantitative estimate of drug-likeness (QED) is 0.257. The first-order valence-electron chi connectivity index (χ1n) is 11.8. The molecule has 0 spiro atoms. The number of hydrogen-bond donors (Lipinski definition) is 0. The van der Waals surface area contributed by atoms with E-state index in [9.17, 15) is 0 Å². The molecule has 4 aromatic carbocycles. The van der Waals surface area contributed by atoms with E-state index in [2.05, 4.69) is 126 Å². The number of imidazole rings is 2. The standard InChI is InChI=1S/C30H26N4/c1-19-14-15-21-22-16-17-25-27(28(22)34(26(21)18-19)30(2,3)4)31-29-32(20-10-6-5-7-11-20)23-12-8-9-13-24(23)33(25)29/h5-18H,1-4H3. The van der Waals surface area contributed by atoms with Crippen LogP contribution in [0.5, 0.6) is 0 Å². The Balaban J connectivity index is 1.74. The zero-order valence-corrected chi connectivity index (χ0v) is 19.9. The van der Waals surface area contributed by atoms with Crippen molar-refractivity contribution in [2.75, 3.05) is 0 Å².